The van der Waals surface area contributed by atoms with Crippen molar-refractivity contribution in [3.63, 3.8) is 0 Å². The molecule has 0 radical (unpaired) electrons. The molecule has 70 valence electrons. The number of hydrogen-bond donors (Lipinski definition) is 0. The molecular weight excluding hydrogens is 277 g/mol. The van der Waals surface area contributed by atoms with Gasteiger partial charge in [-0.1, -0.05) is 23.2 Å². The molecule has 1 heterocycles. The van der Waals surface area contributed by atoms with Gasteiger partial charge >= 0.3 is 0 Å². The van der Waals surface area contributed by atoms with Crippen molar-refractivity contribution in [2.45, 2.75) is 0 Å². The van der Waals surface area contributed by atoms with Crippen molar-refractivity contribution in [3.05, 3.63) is 33.5 Å². The zero-order valence-electron chi connectivity index (χ0n) is 6.51. The molecule has 2 nitrogen and oxygen atoms in total. The van der Waals surface area contributed by atoms with Crippen LogP contribution in [0, 0.1) is 0 Å². The number of rotatable bonds is 3. The first-order valence-corrected chi connectivity index (χ1v) is 5.02. The van der Waals surface area contributed by atoms with E-state index in [1.54, 1.807) is 18.3 Å². The van der Waals surface area contributed by atoms with Gasteiger partial charge in [-0.3, -0.25) is 0 Å². The fourth-order valence-corrected chi connectivity index (χ4v) is 0.983. The van der Waals surface area contributed by atoms with Crippen LogP contribution in [0.5, 0.6) is 5.75 Å². The fraction of sp³-hybridized carbons (Fsp3) is 0.125. The molecule has 0 spiro atoms. The van der Waals surface area contributed by atoms with E-state index in [1.807, 2.05) is 0 Å². The van der Waals surface area contributed by atoms with Crippen molar-refractivity contribution in [2.75, 3.05) is 6.61 Å². The lowest BCUT2D eigenvalue weighted by Gasteiger charge is -2.03. The van der Waals surface area contributed by atoms with E-state index in [2.05, 4.69) is 20.9 Å². The summed E-state index contributed by atoms with van der Waals surface area (Å²) in [5.74, 6) is 0.653. The number of hydrogen-bond acceptors (Lipinski definition) is 2. The van der Waals surface area contributed by atoms with Crippen molar-refractivity contribution in [1.82, 2.24) is 4.98 Å². The van der Waals surface area contributed by atoms with Crippen LogP contribution in [0.25, 0.3) is 0 Å². The monoisotopic (exact) mass is 281 g/mol. The topological polar surface area (TPSA) is 22.1 Å². The average molecular weight is 283 g/mol. The van der Waals surface area contributed by atoms with Crippen LogP contribution in [0.2, 0.25) is 0 Å². The molecule has 13 heavy (non-hydrogen) atoms. The lowest BCUT2D eigenvalue weighted by atomic mass is 10.5. The largest absolute Gasteiger partial charge is 0.486 e. The van der Waals surface area contributed by atoms with Gasteiger partial charge in [-0.15, -0.1) is 0 Å². The molecule has 1 aromatic heterocycles. The van der Waals surface area contributed by atoms with Gasteiger partial charge in [0.2, 0.25) is 0 Å². The average Bonchev–Trinajstić information content (AvgIpc) is 2.16. The first-order valence-electron chi connectivity index (χ1n) is 3.41. The molecule has 5 heteroatoms. The van der Waals surface area contributed by atoms with Gasteiger partial charge in [-0.2, -0.15) is 0 Å². The predicted molar refractivity (Wildman–Crippen MR) is 57.2 cm³/mol. The van der Waals surface area contributed by atoms with Crippen LogP contribution < -0.4 is 4.74 Å². The highest BCUT2D eigenvalue weighted by atomic mass is 79.9. The van der Waals surface area contributed by atoms with Gasteiger partial charge in [-0.05, 0) is 28.1 Å². The Morgan fingerprint density at radius 3 is 2.92 bits per heavy atom. The molecule has 1 rings (SSSR count). The van der Waals surface area contributed by atoms with E-state index in [-0.39, 0.29) is 6.61 Å². The molecule has 0 aliphatic rings. The highest BCUT2D eigenvalue weighted by Crippen LogP contribution is 2.14. The molecule has 0 unspecified atom stereocenters. The van der Waals surface area contributed by atoms with Gasteiger partial charge < -0.3 is 4.74 Å². The summed E-state index contributed by atoms with van der Waals surface area (Å²) in [6, 6.07) is 3.57. The third kappa shape index (κ3) is 3.98. The van der Waals surface area contributed by atoms with Crippen LogP contribution in [0.3, 0.4) is 0 Å². The summed E-state index contributed by atoms with van der Waals surface area (Å²) >= 11 is 14.2. The molecule has 0 saturated carbocycles. The molecule has 0 aliphatic carbocycles. The Kier molecular flexibility index (Phi) is 4.56. The molecule has 0 saturated heterocycles. The third-order valence-electron chi connectivity index (χ3n) is 1.20. The summed E-state index contributed by atoms with van der Waals surface area (Å²) in [6.45, 7) is 0.258. The van der Waals surface area contributed by atoms with Gasteiger partial charge in [0.15, 0.2) is 0 Å². The van der Waals surface area contributed by atoms with Crippen molar-refractivity contribution in [3.8, 4) is 5.75 Å². The zero-order chi connectivity index (χ0) is 9.68. The number of nitrogens with zero attached hydrogens (tertiary/aromatic N) is 1. The van der Waals surface area contributed by atoms with Gasteiger partial charge in [0, 0.05) is 5.54 Å². The van der Waals surface area contributed by atoms with E-state index in [9.17, 15) is 0 Å². The Bertz CT molecular complexity index is 300. The molecule has 0 aromatic carbocycles. The van der Waals surface area contributed by atoms with E-state index >= 15 is 0 Å². The lowest BCUT2D eigenvalue weighted by molar-refractivity contribution is 0.357. The second kappa shape index (κ2) is 5.47. The predicted octanol–water partition coefficient (Wildman–Crippen LogP) is 3.54. The minimum Gasteiger partial charge on any atom is -0.486 e. The number of pyridine rings is 1. The summed E-state index contributed by atoms with van der Waals surface area (Å²) < 4.78 is 6.01. The summed E-state index contributed by atoms with van der Waals surface area (Å²) in [6.07, 6.45) is 1.60. The number of ether oxygens (including phenoxy) is 1. The van der Waals surface area contributed by atoms with E-state index in [0.717, 1.165) is 4.60 Å². The fourth-order valence-electron chi connectivity index (χ4n) is 0.631. The maximum atomic E-state index is 5.62. The first-order chi connectivity index (χ1) is 6.22. The zero-order valence-corrected chi connectivity index (χ0v) is 9.60. The van der Waals surface area contributed by atoms with Gasteiger partial charge in [0.05, 0.1) is 11.2 Å². The Morgan fingerprint density at radius 1 is 1.62 bits per heavy atom. The van der Waals surface area contributed by atoms with Crippen molar-refractivity contribution in [2.24, 2.45) is 0 Å². The second-order valence-corrected chi connectivity index (χ2v) is 3.68. The minimum atomic E-state index is 0.258. The Labute approximate surface area is 94.6 Å². The molecule has 0 fully saturated rings. The highest BCUT2D eigenvalue weighted by Gasteiger charge is 1.96. The molecule has 1 aromatic rings. The van der Waals surface area contributed by atoms with Gasteiger partial charge in [-0.25, -0.2) is 4.98 Å². The SMILES string of the molecule is Cl/C=C(/Cl)COc1ccc(Br)nc1. The van der Waals surface area contributed by atoms with Crippen molar-refractivity contribution >= 4 is 39.1 Å². The Morgan fingerprint density at radius 2 is 2.38 bits per heavy atom. The first kappa shape index (κ1) is 10.8. The highest BCUT2D eigenvalue weighted by molar-refractivity contribution is 9.10. The molecule has 0 aliphatic heterocycles. The van der Waals surface area contributed by atoms with Crippen LogP contribution >= 0.6 is 39.1 Å². The van der Waals surface area contributed by atoms with Crippen molar-refractivity contribution < 1.29 is 4.74 Å². The summed E-state index contributed by atoms with van der Waals surface area (Å²) in [4.78, 5) is 3.98. The van der Waals surface area contributed by atoms with E-state index in [0.29, 0.717) is 10.8 Å². The molecule has 0 atom stereocenters. The maximum absolute atomic E-state index is 5.62. The smallest absolute Gasteiger partial charge is 0.138 e. The second-order valence-electron chi connectivity index (χ2n) is 2.16. The summed E-state index contributed by atoms with van der Waals surface area (Å²) in [5, 5.41) is 0.449. The van der Waals surface area contributed by atoms with E-state index in [1.165, 1.54) is 5.54 Å². The van der Waals surface area contributed by atoms with E-state index in [4.69, 9.17) is 27.9 Å². The van der Waals surface area contributed by atoms with Gasteiger partial charge in [0.25, 0.3) is 0 Å². The third-order valence-corrected chi connectivity index (χ3v) is 2.26. The normalized spacial score (nSPS) is 11.5. The van der Waals surface area contributed by atoms with E-state index < -0.39 is 0 Å². The minimum absolute atomic E-state index is 0.258. The van der Waals surface area contributed by atoms with Crippen LogP contribution in [-0.2, 0) is 0 Å². The maximum Gasteiger partial charge on any atom is 0.138 e. The molecule has 0 bridgehead atoms. The number of aromatic nitrogens is 1. The molecule has 0 N–H and O–H groups in total. The summed E-state index contributed by atoms with van der Waals surface area (Å²) in [5.41, 5.74) is 1.27. The quantitative estimate of drug-likeness (QED) is 0.791. The standard InChI is InChI=1S/C8H6BrCl2NO/c9-8-2-1-7(4-12-8)13-5-6(11)3-10/h1-4H,5H2/b6-3+. The van der Waals surface area contributed by atoms with Gasteiger partial charge in [0.1, 0.15) is 17.0 Å². The molecular formula is C8H6BrCl2NO. The Hall–Kier alpha value is -0.250. The number of halogens is 3. The summed E-state index contributed by atoms with van der Waals surface area (Å²) in [7, 11) is 0. The van der Waals surface area contributed by atoms with Crippen LogP contribution in [0.15, 0.2) is 33.5 Å². The lowest BCUT2D eigenvalue weighted by Crippen LogP contribution is -1.96. The van der Waals surface area contributed by atoms with Crippen LogP contribution in [0.4, 0.5) is 0 Å². The Balaban J connectivity index is 2.51. The molecule has 0 amide bonds. The van der Waals surface area contributed by atoms with Crippen molar-refractivity contribution in [1.29, 1.82) is 0 Å². The van der Waals surface area contributed by atoms with Crippen LogP contribution in [-0.4, -0.2) is 11.6 Å². The van der Waals surface area contributed by atoms with Crippen LogP contribution in [0.1, 0.15) is 0 Å².